The van der Waals surface area contributed by atoms with Crippen LogP contribution in [-0.4, -0.2) is 35.5 Å². The quantitative estimate of drug-likeness (QED) is 0.0899. The van der Waals surface area contributed by atoms with Gasteiger partial charge in [0.1, 0.15) is 0 Å². The first-order chi connectivity index (χ1) is 19.8. The first kappa shape index (κ1) is 28.2. The number of amides is 2. The summed E-state index contributed by atoms with van der Waals surface area (Å²) in [5.41, 5.74) is 4.30. The van der Waals surface area contributed by atoms with Crippen LogP contribution in [0.25, 0.3) is 0 Å². The molecule has 2 amide bonds. The number of nitrogens with one attached hydrogen (secondary N) is 2. The second kappa shape index (κ2) is 13.3. The molecule has 0 atom stereocenters. The Labute approximate surface area is 234 Å². The van der Waals surface area contributed by atoms with Crippen molar-refractivity contribution in [3.8, 4) is 11.5 Å². The van der Waals surface area contributed by atoms with Crippen molar-refractivity contribution in [1.82, 2.24) is 5.43 Å². The largest absolute Gasteiger partial charge is 0.490 e. The third-order valence-electron chi connectivity index (χ3n) is 5.60. The summed E-state index contributed by atoms with van der Waals surface area (Å²) in [6, 6.07) is 24.8. The Balaban J connectivity index is 1.34. The molecule has 0 saturated carbocycles. The predicted molar refractivity (Wildman–Crippen MR) is 152 cm³/mol. The molecule has 0 aliphatic carbocycles. The molecule has 0 fully saturated rings. The SMILES string of the molecule is CCOc1cc(/C=N\NC(=O)c2ccc(NC(=O)c3ccc([N+](=O)[O-])cc3)cc2)ccc1OC(=O)c1ccccc1. The zero-order valence-corrected chi connectivity index (χ0v) is 21.8. The summed E-state index contributed by atoms with van der Waals surface area (Å²) in [5.74, 6) is -0.847. The molecular weight excluding hydrogens is 528 g/mol. The van der Waals surface area contributed by atoms with E-state index in [2.05, 4.69) is 15.8 Å². The van der Waals surface area contributed by atoms with Crippen molar-refractivity contribution in [2.75, 3.05) is 11.9 Å². The van der Waals surface area contributed by atoms with Crippen LogP contribution in [-0.2, 0) is 0 Å². The lowest BCUT2D eigenvalue weighted by Crippen LogP contribution is -2.18. The summed E-state index contributed by atoms with van der Waals surface area (Å²) in [7, 11) is 0. The third-order valence-corrected chi connectivity index (χ3v) is 5.60. The van der Waals surface area contributed by atoms with Gasteiger partial charge in [0.05, 0.1) is 23.3 Å². The molecule has 2 N–H and O–H groups in total. The number of ether oxygens (including phenoxy) is 2. The lowest BCUT2D eigenvalue weighted by Gasteiger charge is -2.11. The molecule has 0 unspecified atom stereocenters. The Morgan fingerprint density at radius 3 is 2.15 bits per heavy atom. The molecule has 0 aromatic heterocycles. The summed E-state index contributed by atoms with van der Waals surface area (Å²) in [4.78, 5) is 47.5. The normalized spacial score (nSPS) is 10.6. The van der Waals surface area contributed by atoms with Crippen molar-refractivity contribution in [2.45, 2.75) is 6.92 Å². The highest BCUT2D eigenvalue weighted by Crippen LogP contribution is 2.29. The number of non-ortho nitro benzene ring substituents is 1. The van der Waals surface area contributed by atoms with Crippen LogP contribution in [0.3, 0.4) is 0 Å². The first-order valence-electron chi connectivity index (χ1n) is 12.4. The summed E-state index contributed by atoms with van der Waals surface area (Å²) in [6.45, 7) is 2.15. The van der Waals surface area contributed by atoms with Crippen molar-refractivity contribution < 1.29 is 28.8 Å². The van der Waals surface area contributed by atoms with E-state index in [4.69, 9.17) is 9.47 Å². The average Bonchev–Trinajstić information content (AvgIpc) is 2.99. The van der Waals surface area contributed by atoms with Crippen LogP contribution in [0.1, 0.15) is 43.6 Å². The van der Waals surface area contributed by atoms with E-state index in [0.717, 1.165) is 0 Å². The minimum Gasteiger partial charge on any atom is -0.490 e. The molecule has 0 spiro atoms. The second-order valence-corrected chi connectivity index (χ2v) is 8.43. The minimum atomic E-state index is -0.546. The Kier molecular flexibility index (Phi) is 9.13. The van der Waals surface area contributed by atoms with Gasteiger partial charge < -0.3 is 14.8 Å². The predicted octanol–water partition coefficient (Wildman–Crippen LogP) is 5.23. The number of anilines is 1. The number of benzene rings is 4. The molecule has 0 saturated heterocycles. The highest BCUT2D eigenvalue weighted by molar-refractivity contribution is 6.04. The molecule has 206 valence electrons. The maximum absolute atomic E-state index is 12.5. The molecule has 4 aromatic rings. The van der Waals surface area contributed by atoms with E-state index in [1.54, 1.807) is 67.6 Å². The van der Waals surface area contributed by atoms with E-state index in [0.29, 0.717) is 34.7 Å². The fourth-order valence-corrected chi connectivity index (χ4v) is 3.56. The van der Waals surface area contributed by atoms with E-state index >= 15 is 0 Å². The Morgan fingerprint density at radius 1 is 0.829 bits per heavy atom. The fraction of sp³-hybridized carbons (Fsp3) is 0.0667. The van der Waals surface area contributed by atoms with Crippen LogP contribution >= 0.6 is 0 Å². The highest BCUT2D eigenvalue weighted by atomic mass is 16.6. The van der Waals surface area contributed by atoms with Crippen LogP contribution in [0.15, 0.2) is 102 Å². The number of nitrogens with zero attached hydrogens (tertiary/aromatic N) is 2. The number of rotatable bonds is 10. The Bertz CT molecular complexity index is 1590. The number of nitro benzene ring substituents is 1. The van der Waals surface area contributed by atoms with Gasteiger partial charge in [-0.3, -0.25) is 19.7 Å². The summed E-state index contributed by atoms with van der Waals surface area (Å²) in [6.07, 6.45) is 1.42. The van der Waals surface area contributed by atoms with Crippen molar-refractivity contribution >= 4 is 35.4 Å². The van der Waals surface area contributed by atoms with E-state index in [-0.39, 0.29) is 17.0 Å². The summed E-state index contributed by atoms with van der Waals surface area (Å²) >= 11 is 0. The van der Waals surface area contributed by atoms with Gasteiger partial charge in [-0.15, -0.1) is 0 Å². The molecule has 4 rings (SSSR count). The molecule has 11 heteroatoms. The molecule has 4 aromatic carbocycles. The van der Waals surface area contributed by atoms with Gasteiger partial charge >= 0.3 is 5.97 Å². The number of carbonyl (C=O) groups excluding carboxylic acids is 3. The van der Waals surface area contributed by atoms with E-state index in [1.165, 1.54) is 42.6 Å². The van der Waals surface area contributed by atoms with Crippen molar-refractivity contribution in [3.63, 3.8) is 0 Å². The minimum absolute atomic E-state index is 0.115. The monoisotopic (exact) mass is 552 g/mol. The molecule has 0 bridgehead atoms. The smallest absolute Gasteiger partial charge is 0.343 e. The number of hydrogen-bond donors (Lipinski definition) is 2. The van der Waals surface area contributed by atoms with Gasteiger partial charge in [0, 0.05) is 28.9 Å². The van der Waals surface area contributed by atoms with Crippen molar-refractivity contribution in [1.29, 1.82) is 0 Å². The standard InChI is InChI=1S/C30H24N4O7/c1-2-40-27-18-20(8-17-26(27)41-30(37)23-6-4-3-5-7-23)19-31-33-29(36)22-9-13-24(14-10-22)32-28(35)21-11-15-25(16-12-21)34(38)39/h3-19H,2H2,1H3,(H,32,35)(H,33,36)/b31-19-. The zero-order chi connectivity index (χ0) is 29.2. The molecule has 0 aliphatic rings. The lowest BCUT2D eigenvalue weighted by atomic mass is 10.1. The Hall–Kier alpha value is -5.84. The number of hydrogen-bond acceptors (Lipinski definition) is 8. The highest BCUT2D eigenvalue weighted by Gasteiger charge is 2.14. The van der Waals surface area contributed by atoms with Crippen LogP contribution in [0, 0.1) is 10.1 Å². The van der Waals surface area contributed by atoms with Gasteiger partial charge in [-0.05, 0) is 79.2 Å². The molecule has 0 aliphatic heterocycles. The molecule has 0 heterocycles. The number of hydrazone groups is 1. The van der Waals surface area contributed by atoms with Crippen molar-refractivity contribution in [2.24, 2.45) is 5.10 Å². The molecular formula is C30H24N4O7. The second-order valence-electron chi connectivity index (χ2n) is 8.43. The zero-order valence-electron chi connectivity index (χ0n) is 21.8. The lowest BCUT2D eigenvalue weighted by molar-refractivity contribution is -0.384. The molecule has 41 heavy (non-hydrogen) atoms. The van der Waals surface area contributed by atoms with Crippen LogP contribution < -0.4 is 20.2 Å². The topological polar surface area (TPSA) is 149 Å². The fourth-order valence-electron chi connectivity index (χ4n) is 3.56. The van der Waals surface area contributed by atoms with Gasteiger partial charge in [0.25, 0.3) is 17.5 Å². The van der Waals surface area contributed by atoms with Gasteiger partial charge in [-0.2, -0.15) is 5.10 Å². The number of esters is 1. The van der Waals surface area contributed by atoms with E-state index in [9.17, 15) is 24.5 Å². The number of nitro groups is 1. The summed E-state index contributed by atoms with van der Waals surface area (Å²) in [5, 5.41) is 17.4. The van der Waals surface area contributed by atoms with Crippen LogP contribution in [0.2, 0.25) is 0 Å². The maximum Gasteiger partial charge on any atom is 0.343 e. The molecule has 11 nitrogen and oxygen atoms in total. The molecule has 0 radical (unpaired) electrons. The average molecular weight is 553 g/mol. The maximum atomic E-state index is 12.5. The van der Waals surface area contributed by atoms with Gasteiger partial charge in [0.15, 0.2) is 11.5 Å². The van der Waals surface area contributed by atoms with E-state index in [1.807, 2.05) is 0 Å². The first-order valence-corrected chi connectivity index (χ1v) is 12.4. The van der Waals surface area contributed by atoms with Gasteiger partial charge in [-0.25, -0.2) is 10.2 Å². The van der Waals surface area contributed by atoms with Crippen LogP contribution in [0.4, 0.5) is 11.4 Å². The van der Waals surface area contributed by atoms with Crippen LogP contribution in [0.5, 0.6) is 11.5 Å². The van der Waals surface area contributed by atoms with Gasteiger partial charge in [-0.1, -0.05) is 18.2 Å². The van der Waals surface area contributed by atoms with Crippen molar-refractivity contribution in [3.05, 3.63) is 129 Å². The number of carbonyl (C=O) groups is 3. The third kappa shape index (κ3) is 7.60. The summed E-state index contributed by atoms with van der Waals surface area (Å²) < 4.78 is 11.1. The Morgan fingerprint density at radius 2 is 1.49 bits per heavy atom. The van der Waals surface area contributed by atoms with E-state index < -0.39 is 22.7 Å². The van der Waals surface area contributed by atoms with Gasteiger partial charge in [0.2, 0.25) is 0 Å².